The van der Waals surface area contributed by atoms with Crippen molar-refractivity contribution in [3.63, 3.8) is 0 Å². The summed E-state index contributed by atoms with van der Waals surface area (Å²) in [6.07, 6.45) is 0. The second-order valence-corrected chi connectivity index (χ2v) is 1.34. The van der Waals surface area contributed by atoms with Crippen molar-refractivity contribution >= 4 is 59.3 Å². The molecule has 0 unspecified atom stereocenters. The fourth-order valence-electron chi connectivity index (χ4n) is 0. The molecule has 0 fully saturated rings. The first-order valence-corrected chi connectivity index (χ1v) is 2.10. The zero-order valence-corrected chi connectivity index (χ0v) is 4.72. The SMILES string of the molecule is O=S(=O)(O)O.[Ag].[BaH2]. The van der Waals surface area contributed by atoms with Crippen LogP contribution in [0.3, 0.4) is 0 Å². The summed E-state index contributed by atoms with van der Waals surface area (Å²) in [4.78, 5) is 0. The van der Waals surface area contributed by atoms with Crippen LogP contribution in [0.15, 0.2) is 0 Å². The van der Waals surface area contributed by atoms with Gasteiger partial charge in [0.1, 0.15) is 0 Å². The Morgan fingerprint density at radius 1 is 1.14 bits per heavy atom. The van der Waals surface area contributed by atoms with Gasteiger partial charge in [-0.3, -0.25) is 9.11 Å². The van der Waals surface area contributed by atoms with E-state index in [9.17, 15) is 0 Å². The first kappa shape index (κ1) is 16.1. The zero-order valence-electron chi connectivity index (χ0n) is 2.42. The molecule has 0 saturated carbocycles. The van der Waals surface area contributed by atoms with Gasteiger partial charge in [0.15, 0.2) is 0 Å². The molecular weight excluding hydrogens is 341 g/mol. The molecule has 0 aromatic heterocycles. The molecule has 0 amide bonds. The average molecular weight is 345 g/mol. The van der Waals surface area contributed by atoms with Crippen molar-refractivity contribution in [2.24, 2.45) is 0 Å². The van der Waals surface area contributed by atoms with Gasteiger partial charge in [0.05, 0.1) is 0 Å². The zero-order chi connectivity index (χ0) is 4.50. The molecular formula is H4AgBaO4S. The van der Waals surface area contributed by atoms with Gasteiger partial charge in [0, 0.05) is 22.4 Å². The van der Waals surface area contributed by atoms with E-state index in [1.165, 1.54) is 0 Å². The molecule has 7 heavy (non-hydrogen) atoms. The molecule has 0 rings (SSSR count). The molecule has 0 aliphatic carbocycles. The normalized spacial score (nSPS) is 8.29. The van der Waals surface area contributed by atoms with Gasteiger partial charge in [-0.1, -0.05) is 0 Å². The Labute approximate surface area is 97.2 Å². The van der Waals surface area contributed by atoms with E-state index in [0.29, 0.717) is 0 Å². The van der Waals surface area contributed by atoms with Gasteiger partial charge in [-0.05, 0) is 0 Å². The average Bonchev–Trinajstić information content (AvgIpc) is 0.722. The van der Waals surface area contributed by atoms with Crippen LogP contribution in [-0.2, 0) is 32.8 Å². The van der Waals surface area contributed by atoms with Crippen molar-refractivity contribution in [2.45, 2.75) is 0 Å². The minimum atomic E-state index is -4.67. The van der Waals surface area contributed by atoms with Crippen LogP contribution >= 0.6 is 0 Å². The summed E-state index contributed by atoms with van der Waals surface area (Å²) >= 11 is 0. The third-order valence-corrected chi connectivity index (χ3v) is 0. The third kappa shape index (κ3) is 65.7. The maximum absolute atomic E-state index is 8.74. The summed E-state index contributed by atoms with van der Waals surface area (Å²) in [5, 5.41) is 0. The van der Waals surface area contributed by atoms with Gasteiger partial charge in [-0.15, -0.1) is 0 Å². The standard InChI is InChI=1S/Ag.Ba.H2O4S.2H/c;;1-5(2,3)4;;/h;;(H2,1,2,3,4);;. The fourth-order valence-corrected chi connectivity index (χ4v) is 0. The second kappa shape index (κ2) is 6.30. The Balaban J connectivity index is -0.0000000800. The minimum absolute atomic E-state index is 0. The maximum atomic E-state index is 8.74. The van der Waals surface area contributed by atoms with E-state index in [-0.39, 0.29) is 71.3 Å². The van der Waals surface area contributed by atoms with Crippen molar-refractivity contribution in [1.29, 1.82) is 0 Å². The molecule has 0 aromatic rings. The van der Waals surface area contributed by atoms with Gasteiger partial charge in [-0.25, -0.2) is 0 Å². The molecule has 0 saturated heterocycles. The van der Waals surface area contributed by atoms with Crippen LogP contribution in [0.1, 0.15) is 0 Å². The first-order valence-electron chi connectivity index (χ1n) is 0.698. The number of hydrogen-bond acceptors (Lipinski definition) is 2. The van der Waals surface area contributed by atoms with Crippen LogP contribution in [0.4, 0.5) is 0 Å². The van der Waals surface area contributed by atoms with Crippen LogP contribution in [-0.4, -0.2) is 66.4 Å². The Bertz CT molecular complexity index is 94.9. The molecule has 0 bridgehead atoms. The van der Waals surface area contributed by atoms with E-state index in [0.717, 1.165) is 0 Å². The van der Waals surface area contributed by atoms with Crippen molar-refractivity contribution in [2.75, 3.05) is 0 Å². The molecule has 47 valence electrons. The van der Waals surface area contributed by atoms with E-state index in [4.69, 9.17) is 17.5 Å². The van der Waals surface area contributed by atoms with Crippen LogP contribution in [0.5, 0.6) is 0 Å². The summed E-state index contributed by atoms with van der Waals surface area (Å²) in [6, 6.07) is 0. The van der Waals surface area contributed by atoms with Crippen molar-refractivity contribution < 1.29 is 39.9 Å². The van der Waals surface area contributed by atoms with Crippen LogP contribution in [0.25, 0.3) is 0 Å². The van der Waals surface area contributed by atoms with Crippen LogP contribution in [0.2, 0.25) is 0 Å². The molecule has 0 spiro atoms. The molecule has 4 nitrogen and oxygen atoms in total. The van der Waals surface area contributed by atoms with E-state index in [2.05, 4.69) is 0 Å². The van der Waals surface area contributed by atoms with Gasteiger partial charge >= 0.3 is 59.3 Å². The van der Waals surface area contributed by atoms with E-state index in [1.807, 2.05) is 0 Å². The Morgan fingerprint density at radius 2 is 1.14 bits per heavy atom. The number of hydrogen-bond donors (Lipinski definition) is 2. The van der Waals surface area contributed by atoms with E-state index in [1.54, 1.807) is 0 Å². The Hall–Kier alpha value is 2.18. The molecule has 1 radical (unpaired) electrons. The van der Waals surface area contributed by atoms with Crippen LogP contribution < -0.4 is 0 Å². The molecule has 2 N–H and O–H groups in total. The summed E-state index contributed by atoms with van der Waals surface area (Å²) in [7, 11) is -4.67. The molecule has 7 heteroatoms. The van der Waals surface area contributed by atoms with Gasteiger partial charge in [-0.2, -0.15) is 8.42 Å². The monoisotopic (exact) mass is 345 g/mol. The molecule has 0 aliphatic rings. The van der Waals surface area contributed by atoms with Gasteiger partial charge in [0.25, 0.3) is 0 Å². The number of rotatable bonds is 0. The summed E-state index contributed by atoms with van der Waals surface area (Å²) in [5.41, 5.74) is 0. The molecule has 0 aliphatic heterocycles. The fraction of sp³-hybridized carbons (Fsp3) is 0. The van der Waals surface area contributed by atoms with Crippen molar-refractivity contribution in [3.05, 3.63) is 0 Å². The molecule has 0 heterocycles. The van der Waals surface area contributed by atoms with E-state index >= 15 is 0 Å². The van der Waals surface area contributed by atoms with Crippen molar-refractivity contribution in [3.8, 4) is 0 Å². The Kier molecular flexibility index (Phi) is 14.5. The van der Waals surface area contributed by atoms with Gasteiger partial charge < -0.3 is 0 Å². The molecule has 0 atom stereocenters. The second-order valence-electron chi connectivity index (χ2n) is 0.448. The predicted molar refractivity (Wildman–Crippen MR) is 22.7 cm³/mol. The topological polar surface area (TPSA) is 74.6 Å². The summed E-state index contributed by atoms with van der Waals surface area (Å²) in [5.74, 6) is 0. The summed E-state index contributed by atoms with van der Waals surface area (Å²) < 4.78 is 31.6. The first-order chi connectivity index (χ1) is 2.00. The third-order valence-electron chi connectivity index (χ3n) is 0. The predicted octanol–water partition coefficient (Wildman–Crippen LogP) is -1.57. The molecule has 0 aromatic carbocycles. The van der Waals surface area contributed by atoms with Crippen molar-refractivity contribution in [1.82, 2.24) is 0 Å². The quantitative estimate of drug-likeness (QED) is 0.411. The Morgan fingerprint density at radius 3 is 1.14 bits per heavy atom. The van der Waals surface area contributed by atoms with E-state index < -0.39 is 10.4 Å². The summed E-state index contributed by atoms with van der Waals surface area (Å²) in [6.45, 7) is 0. The van der Waals surface area contributed by atoms with Crippen LogP contribution in [0, 0.1) is 0 Å². The van der Waals surface area contributed by atoms with Gasteiger partial charge in [0.2, 0.25) is 0 Å².